The number of nitrogens with one attached hydrogen (secondary N) is 1. The van der Waals surface area contributed by atoms with E-state index in [-0.39, 0.29) is 30.0 Å². The molecule has 11 heteroatoms. The molecule has 1 heterocycles. The van der Waals surface area contributed by atoms with Crippen LogP contribution in [0.25, 0.3) is 0 Å². The summed E-state index contributed by atoms with van der Waals surface area (Å²) in [6.45, 7) is 1.84. The van der Waals surface area contributed by atoms with Crippen molar-refractivity contribution in [2.75, 3.05) is 32.6 Å². The third-order valence-corrected chi connectivity index (χ3v) is 7.64. The Labute approximate surface area is 220 Å². The normalized spacial score (nSPS) is 18.1. The number of hydrogen-bond acceptors (Lipinski definition) is 6. The summed E-state index contributed by atoms with van der Waals surface area (Å²) in [6, 6.07) is 7.69. The second-order valence-electron chi connectivity index (χ2n) is 9.54. The summed E-state index contributed by atoms with van der Waals surface area (Å²) in [7, 11) is -3.81. The average molecular weight is 559 g/mol. The molecule has 1 atom stereocenters. The molecule has 7 nitrogen and oxygen atoms in total. The van der Waals surface area contributed by atoms with Crippen molar-refractivity contribution in [3.05, 3.63) is 62.9 Å². The average Bonchev–Trinajstić information content (AvgIpc) is 3.62. The van der Waals surface area contributed by atoms with Crippen molar-refractivity contribution in [2.45, 2.75) is 37.6 Å². The Kier molecular flexibility index (Phi) is 8.46. The van der Waals surface area contributed by atoms with Gasteiger partial charge in [-0.25, -0.2) is 17.5 Å². The summed E-state index contributed by atoms with van der Waals surface area (Å²) >= 11 is 12.3. The molecule has 1 aliphatic heterocycles. The Balaban J connectivity index is 1.39. The van der Waals surface area contributed by atoms with Gasteiger partial charge in [0.25, 0.3) is 5.91 Å². The third kappa shape index (κ3) is 6.89. The van der Waals surface area contributed by atoms with E-state index < -0.39 is 21.7 Å². The van der Waals surface area contributed by atoms with Gasteiger partial charge in [-0.2, -0.15) is 0 Å². The molecule has 0 radical (unpaired) electrons. The van der Waals surface area contributed by atoms with Gasteiger partial charge >= 0.3 is 0 Å². The lowest BCUT2D eigenvalue weighted by Gasteiger charge is -2.37. The summed E-state index contributed by atoms with van der Waals surface area (Å²) in [5.41, 5.74) is 1.29. The molecule has 36 heavy (non-hydrogen) atoms. The Morgan fingerprint density at radius 1 is 1.14 bits per heavy atom. The zero-order chi connectivity index (χ0) is 26.0. The van der Waals surface area contributed by atoms with Gasteiger partial charge < -0.3 is 9.84 Å². The molecule has 1 amide bonds. The summed E-state index contributed by atoms with van der Waals surface area (Å²) in [5, 5.41) is 11.1. The molecule has 0 spiro atoms. The second-order valence-corrected chi connectivity index (χ2v) is 12.2. The van der Waals surface area contributed by atoms with Crippen molar-refractivity contribution in [3.63, 3.8) is 0 Å². The van der Waals surface area contributed by atoms with E-state index in [1.165, 1.54) is 12.1 Å². The third-order valence-electron chi connectivity index (χ3n) is 6.65. The van der Waals surface area contributed by atoms with Crippen LogP contribution in [0.4, 0.5) is 4.39 Å². The minimum absolute atomic E-state index is 0.0544. The van der Waals surface area contributed by atoms with Crippen LogP contribution in [-0.4, -0.2) is 56.9 Å². The van der Waals surface area contributed by atoms with Gasteiger partial charge in [0.2, 0.25) is 10.0 Å². The highest BCUT2D eigenvalue weighted by molar-refractivity contribution is 7.89. The number of ether oxygens (including phenoxy) is 1. The second kappa shape index (κ2) is 11.2. The Morgan fingerprint density at radius 3 is 2.33 bits per heavy atom. The molecule has 4 rings (SSSR count). The molecule has 2 N–H and O–H groups in total. The van der Waals surface area contributed by atoms with Crippen LogP contribution in [0, 0.1) is 11.7 Å². The quantitative estimate of drug-likeness (QED) is 0.469. The molecule has 0 aromatic heterocycles. The van der Waals surface area contributed by atoms with Crippen molar-refractivity contribution in [1.29, 1.82) is 0 Å². The molecule has 2 aromatic carbocycles. The number of nitrogens with zero attached hydrogens (tertiary/aromatic N) is 1. The van der Waals surface area contributed by atoms with Crippen molar-refractivity contribution >= 4 is 39.1 Å². The van der Waals surface area contributed by atoms with E-state index in [1.54, 1.807) is 6.07 Å². The smallest absolute Gasteiger partial charge is 0.267 e. The maximum absolute atomic E-state index is 14.7. The first-order chi connectivity index (χ1) is 17.0. The number of halogens is 3. The number of hydrogen-bond donors (Lipinski definition) is 2. The van der Waals surface area contributed by atoms with E-state index in [2.05, 4.69) is 4.90 Å². The number of piperidine rings is 1. The fourth-order valence-electron chi connectivity index (χ4n) is 4.65. The van der Waals surface area contributed by atoms with Gasteiger partial charge in [-0.15, -0.1) is 0 Å². The number of aliphatic hydroxyl groups is 1. The fourth-order valence-corrected chi connectivity index (χ4v) is 5.64. The highest BCUT2D eigenvalue weighted by Crippen LogP contribution is 2.45. The van der Waals surface area contributed by atoms with Crippen LogP contribution >= 0.6 is 23.2 Å². The number of amides is 1. The van der Waals surface area contributed by atoms with Crippen LogP contribution in [0.15, 0.2) is 30.3 Å². The number of rotatable bonds is 9. The van der Waals surface area contributed by atoms with Crippen molar-refractivity contribution in [1.82, 2.24) is 9.62 Å². The number of likely N-dealkylation sites (tertiary alicyclic amines) is 1. The topological polar surface area (TPSA) is 95.9 Å². The van der Waals surface area contributed by atoms with Crippen LogP contribution in [0.1, 0.15) is 59.1 Å². The monoisotopic (exact) mass is 558 g/mol. The Bertz CT molecular complexity index is 1210. The van der Waals surface area contributed by atoms with Crippen LogP contribution < -0.4 is 9.46 Å². The van der Waals surface area contributed by atoms with E-state index in [1.807, 2.05) is 16.9 Å². The van der Waals surface area contributed by atoms with Crippen molar-refractivity contribution < 1.29 is 27.4 Å². The minimum atomic E-state index is -3.81. The van der Waals surface area contributed by atoms with Gasteiger partial charge in [0.15, 0.2) is 0 Å². The summed E-state index contributed by atoms with van der Waals surface area (Å²) < 4.78 is 45.4. The zero-order valence-electron chi connectivity index (χ0n) is 19.8. The van der Waals surface area contributed by atoms with Crippen LogP contribution in [0.2, 0.25) is 10.0 Å². The summed E-state index contributed by atoms with van der Waals surface area (Å²) in [4.78, 5) is 14.4. The van der Waals surface area contributed by atoms with Crippen LogP contribution in [-0.2, 0) is 10.0 Å². The van der Waals surface area contributed by atoms with Gasteiger partial charge in [-0.1, -0.05) is 23.2 Å². The summed E-state index contributed by atoms with van der Waals surface area (Å²) in [6.07, 6.45) is 4.33. The van der Waals surface area contributed by atoms with E-state index in [4.69, 9.17) is 27.9 Å². The molecule has 1 aliphatic carbocycles. The first-order valence-corrected chi connectivity index (χ1v) is 14.5. The van der Waals surface area contributed by atoms with Gasteiger partial charge in [-0.3, -0.25) is 9.69 Å². The van der Waals surface area contributed by atoms with E-state index in [0.717, 1.165) is 56.2 Å². The van der Waals surface area contributed by atoms with Gasteiger partial charge in [0.1, 0.15) is 11.6 Å². The van der Waals surface area contributed by atoms with E-state index in [0.29, 0.717) is 22.4 Å². The summed E-state index contributed by atoms with van der Waals surface area (Å²) in [5.74, 6) is -1.00. The molecule has 2 fully saturated rings. The highest BCUT2D eigenvalue weighted by atomic mass is 35.5. The first-order valence-electron chi connectivity index (χ1n) is 11.8. The lowest BCUT2D eigenvalue weighted by Crippen LogP contribution is -2.39. The molecule has 1 saturated heterocycles. The number of carbonyl (C=O) groups excluding carboxylic acids is 1. The van der Waals surface area contributed by atoms with Gasteiger partial charge in [0, 0.05) is 16.1 Å². The fraction of sp³-hybridized carbons (Fsp3) is 0.480. The van der Waals surface area contributed by atoms with Gasteiger partial charge in [0.05, 0.1) is 31.1 Å². The molecule has 196 valence electrons. The van der Waals surface area contributed by atoms with Crippen molar-refractivity contribution in [2.24, 2.45) is 5.92 Å². The lowest BCUT2D eigenvalue weighted by atomic mass is 9.95. The van der Waals surface area contributed by atoms with Crippen LogP contribution in [0.3, 0.4) is 0 Å². The highest BCUT2D eigenvalue weighted by Gasteiger charge is 2.31. The van der Waals surface area contributed by atoms with E-state index >= 15 is 0 Å². The largest absolute Gasteiger partial charge is 0.493 e. The first kappa shape index (κ1) is 27.1. The molecular formula is C25H29Cl2FN2O5S. The number of aliphatic hydroxyl groups excluding tert-OH is 1. The zero-order valence-corrected chi connectivity index (χ0v) is 22.2. The Hall–Kier alpha value is -1.91. The Morgan fingerprint density at radius 2 is 1.78 bits per heavy atom. The lowest BCUT2D eigenvalue weighted by molar-refractivity contribution is 0.0733. The van der Waals surface area contributed by atoms with Crippen LogP contribution in [0.5, 0.6) is 5.75 Å². The molecule has 2 aromatic rings. The van der Waals surface area contributed by atoms with Gasteiger partial charge in [-0.05, 0) is 86.0 Å². The minimum Gasteiger partial charge on any atom is -0.493 e. The number of benzene rings is 2. The molecule has 0 bridgehead atoms. The maximum Gasteiger partial charge on any atom is 0.267 e. The van der Waals surface area contributed by atoms with Crippen molar-refractivity contribution in [3.8, 4) is 5.75 Å². The molecular weight excluding hydrogens is 530 g/mol. The standard InChI is InChI=1S/C25H29Cl2FN2O5S/c1-36(33,34)29-25(32)21-11-20(16-2-3-16)24(12-22(21)28)35-14-15-4-6-30(7-5-15)23(13-31)17-8-18(26)10-19(27)9-17/h8-12,15-16,23,31H,2-7,13-14H2,1H3,(H,29,32)/t23-/m1/s1. The predicted molar refractivity (Wildman–Crippen MR) is 137 cm³/mol. The number of carbonyl (C=O) groups is 1. The maximum atomic E-state index is 14.7. The van der Waals surface area contributed by atoms with E-state index in [9.17, 15) is 22.7 Å². The molecule has 1 saturated carbocycles. The predicted octanol–water partition coefficient (Wildman–Crippen LogP) is 4.52. The molecule has 2 aliphatic rings. The molecule has 0 unspecified atom stereocenters. The number of sulfonamides is 1. The SMILES string of the molecule is CS(=O)(=O)NC(=O)c1cc(C2CC2)c(OCC2CCN([C@H](CO)c3cc(Cl)cc(Cl)c3)CC2)cc1F.